The van der Waals surface area contributed by atoms with E-state index in [2.05, 4.69) is 11.4 Å². The van der Waals surface area contributed by atoms with Gasteiger partial charge >= 0.3 is 0 Å². The van der Waals surface area contributed by atoms with Gasteiger partial charge in [0, 0.05) is 17.3 Å². The normalized spacial score (nSPS) is 15.1. The van der Waals surface area contributed by atoms with Gasteiger partial charge in [-0.05, 0) is 37.3 Å². The summed E-state index contributed by atoms with van der Waals surface area (Å²) in [5.41, 5.74) is 5.44. The van der Waals surface area contributed by atoms with E-state index in [1.165, 1.54) is 17.7 Å². The van der Waals surface area contributed by atoms with Crippen LogP contribution in [0.5, 0.6) is 0 Å². The molecule has 0 radical (unpaired) electrons. The first-order valence-electron chi connectivity index (χ1n) is 5.83. The average Bonchev–Trinajstić information content (AvgIpc) is 3.00. The van der Waals surface area contributed by atoms with E-state index in [1.54, 1.807) is 11.3 Å². The van der Waals surface area contributed by atoms with E-state index in [4.69, 9.17) is 5.73 Å². The molecule has 1 aromatic heterocycles. The molecule has 1 aromatic rings. The Labute approximate surface area is 100 Å². The van der Waals surface area contributed by atoms with E-state index in [-0.39, 0.29) is 5.91 Å². The van der Waals surface area contributed by atoms with Crippen molar-refractivity contribution in [2.75, 3.05) is 6.54 Å². The first kappa shape index (κ1) is 11.6. The molecule has 0 bridgehead atoms. The van der Waals surface area contributed by atoms with Crippen LogP contribution in [-0.2, 0) is 11.3 Å². The van der Waals surface area contributed by atoms with Crippen LogP contribution in [0.25, 0.3) is 0 Å². The molecular weight excluding hydrogens is 220 g/mol. The van der Waals surface area contributed by atoms with Gasteiger partial charge in [0.25, 0.3) is 0 Å². The SMILES string of the molecule is NCCCC(=O)N(Cc1cccs1)C1CC1. The van der Waals surface area contributed by atoms with Crippen LogP contribution < -0.4 is 5.73 Å². The van der Waals surface area contributed by atoms with E-state index in [1.807, 2.05) is 11.0 Å². The summed E-state index contributed by atoms with van der Waals surface area (Å²) in [6.07, 6.45) is 3.73. The van der Waals surface area contributed by atoms with Crippen LogP contribution in [0.15, 0.2) is 17.5 Å². The molecule has 0 unspecified atom stereocenters. The molecule has 1 heterocycles. The summed E-state index contributed by atoms with van der Waals surface area (Å²) >= 11 is 1.72. The Bertz CT molecular complexity index is 333. The fourth-order valence-electron chi connectivity index (χ4n) is 1.77. The van der Waals surface area contributed by atoms with E-state index in [9.17, 15) is 4.79 Å². The third kappa shape index (κ3) is 3.06. The second-order valence-electron chi connectivity index (χ2n) is 4.22. The lowest BCUT2D eigenvalue weighted by Crippen LogP contribution is -2.32. The largest absolute Gasteiger partial charge is 0.335 e. The topological polar surface area (TPSA) is 46.3 Å². The van der Waals surface area contributed by atoms with Gasteiger partial charge in [0.15, 0.2) is 0 Å². The molecule has 88 valence electrons. The van der Waals surface area contributed by atoms with Gasteiger partial charge in [-0.15, -0.1) is 11.3 Å². The number of amides is 1. The molecule has 1 fully saturated rings. The molecule has 0 spiro atoms. The number of carbonyl (C=O) groups is 1. The fourth-order valence-corrected chi connectivity index (χ4v) is 2.48. The highest BCUT2D eigenvalue weighted by atomic mass is 32.1. The Morgan fingerprint density at radius 3 is 2.94 bits per heavy atom. The average molecular weight is 238 g/mol. The zero-order valence-corrected chi connectivity index (χ0v) is 10.2. The predicted molar refractivity (Wildman–Crippen MR) is 66.2 cm³/mol. The summed E-state index contributed by atoms with van der Waals surface area (Å²) in [7, 11) is 0. The number of rotatable bonds is 6. The highest BCUT2D eigenvalue weighted by molar-refractivity contribution is 7.09. The lowest BCUT2D eigenvalue weighted by atomic mass is 10.2. The van der Waals surface area contributed by atoms with Gasteiger partial charge in [0.1, 0.15) is 0 Å². The maximum Gasteiger partial charge on any atom is 0.223 e. The first-order chi connectivity index (χ1) is 7.81. The molecule has 2 rings (SSSR count). The summed E-state index contributed by atoms with van der Waals surface area (Å²) in [6.45, 7) is 1.38. The quantitative estimate of drug-likeness (QED) is 0.823. The number of carbonyl (C=O) groups excluding carboxylic acids is 1. The van der Waals surface area contributed by atoms with Gasteiger partial charge in [-0.2, -0.15) is 0 Å². The minimum atomic E-state index is 0.265. The van der Waals surface area contributed by atoms with E-state index >= 15 is 0 Å². The molecule has 1 amide bonds. The summed E-state index contributed by atoms with van der Waals surface area (Å²) in [5.74, 6) is 0.265. The molecule has 0 aliphatic heterocycles. The van der Waals surface area contributed by atoms with Crippen molar-refractivity contribution in [3.63, 3.8) is 0 Å². The maximum absolute atomic E-state index is 12.0. The lowest BCUT2D eigenvalue weighted by molar-refractivity contribution is -0.132. The number of nitrogens with two attached hydrogens (primary N) is 1. The van der Waals surface area contributed by atoms with Crippen molar-refractivity contribution in [2.24, 2.45) is 5.73 Å². The molecule has 0 atom stereocenters. The minimum absolute atomic E-state index is 0.265. The van der Waals surface area contributed by atoms with Gasteiger partial charge < -0.3 is 10.6 Å². The van der Waals surface area contributed by atoms with Crippen LogP contribution in [0, 0.1) is 0 Å². The molecule has 1 aliphatic carbocycles. The number of thiophene rings is 1. The van der Waals surface area contributed by atoms with Gasteiger partial charge in [-0.3, -0.25) is 4.79 Å². The smallest absolute Gasteiger partial charge is 0.223 e. The molecule has 16 heavy (non-hydrogen) atoms. The van der Waals surface area contributed by atoms with Crippen LogP contribution in [0.4, 0.5) is 0 Å². The van der Waals surface area contributed by atoms with Gasteiger partial charge in [-0.25, -0.2) is 0 Å². The summed E-state index contributed by atoms with van der Waals surface area (Å²) in [4.78, 5) is 15.3. The van der Waals surface area contributed by atoms with Crippen LogP contribution in [0.2, 0.25) is 0 Å². The van der Waals surface area contributed by atoms with Crippen molar-refractivity contribution < 1.29 is 4.79 Å². The van der Waals surface area contributed by atoms with Crippen molar-refractivity contribution in [2.45, 2.75) is 38.3 Å². The Morgan fingerprint density at radius 2 is 2.38 bits per heavy atom. The van der Waals surface area contributed by atoms with Crippen molar-refractivity contribution in [1.82, 2.24) is 4.90 Å². The van der Waals surface area contributed by atoms with Gasteiger partial charge in [0.2, 0.25) is 5.91 Å². The summed E-state index contributed by atoms with van der Waals surface area (Å²) < 4.78 is 0. The molecule has 0 saturated heterocycles. The Balaban J connectivity index is 1.92. The van der Waals surface area contributed by atoms with Crippen molar-refractivity contribution in [1.29, 1.82) is 0 Å². The number of hydrogen-bond donors (Lipinski definition) is 1. The molecule has 1 aliphatic rings. The third-order valence-corrected chi connectivity index (χ3v) is 3.67. The zero-order chi connectivity index (χ0) is 11.4. The first-order valence-corrected chi connectivity index (χ1v) is 6.71. The molecule has 1 saturated carbocycles. The van der Waals surface area contributed by atoms with Crippen LogP contribution in [-0.4, -0.2) is 23.4 Å². The molecule has 4 heteroatoms. The van der Waals surface area contributed by atoms with E-state index in [0.29, 0.717) is 19.0 Å². The zero-order valence-electron chi connectivity index (χ0n) is 9.39. The molecule has 0 aromatic carbocycles. The third-order valence-electron chi connectivity index (χ3n) is 2.81. The van der Waals surface area contributed by atoms with Gasteiger partial charge in [-0.1, -0.05) is 6.07 Å². The highest BCUT2D eigenvalue weighted by Gasteiger charge is 2.32. The number of hydrogen-bond acceptors (Lipinski definition) is 3. The Hall–Kier alpha value is -0.870. The van der Waals surface area contributed by atoms with Gasteiger partial charge in [0.05, 0.1) is 6.54 Å². The van der Waals surface area contributed by atoms with Crippen LogP contribution >= 0.6 is 11.3 Å². The van der Waals surface area contributed by atoms with Crippen molar-refractivity contribution in [3.05, 3.63) is 22.4 Å². The minimum Gasteiger partial charge on any atom is -0.335 e. The predicted octanol–water partition coefficient (Wildman–Crippen LogP) is 1.98. The second-order valence-corrected chi connectivity index (χ2v) is 5.26. The Morgan fingerprint density at radius 1 is 1.56 bits per heavy atom. The Kier molecular flexibility index (Phi) is 3.96. The molecule has 3 nitrogen and oxygen atoms in total. The van der Waals surface area contributed by atoms with E-state index < -0.39 is 0 Å². The standard InChI is InChI=1S/C12H18N2OS/c13-7-1-4-12(15)14(10-5-6-10)9-11-3-2-8-16-11/h2-3,8,10H,1,4-7,9,13H2. The number of nitrogens with zero attached hydrogens (tertiary/aromatic N) is 1. The maximum atomic E-state index is 12.0. The van der Waals surface area contributed by atoms with Crippen LogP contribution in [0.1, 0.15) is 30.6 Å². The highest BCUT2D eigenvalue weighted by Crippen LogP contribution is 2.29. The molecular formula is C12H18N2OS. The summed E-state index contributed by atoms with van der Waals surface area (Å²) in [6, 6.07) is 4.62. The fraction of sp³-hybridized carbons (Fsp3) is 0.583. The van der Waals surface area contributed by atoms with Crippen molar-refractivity contribution >= 4 is 17.2 Å². The van der Waals surface area contributed by atoms with E-state index in [0.717, 1.165) is 13.0 Å². The summed E-state index contributed by atoms with van der Waals surface area (Å²) in [5, 5.41) is 2.06. The molecule has 2 N–H and O–H groups in total. The second kappa shape index (κ2) is 5.46. The van der Waals surface area contributed by atoms with Crippen molar-refractivity contribution in [3.8, 4) is 0 Å². The monoisotopic (exact) mass is 238 g/mol. The lowest BCUT2D eigenvalue weighted by Gasteiger charge is -2.21. The van der Waals surface area contributed by atoms with Crippen LogP contribution in [0.3, 0.4) is 0 Å².